The minimum Gasteiger partial charge on any atom is -0.506 e. The molecule has 0 spiro atoms. The highest BCUT2D eigenvalue weighted by molar-refractivity contribution is 5.94. The highest BCUT2D eigenvalue weighted by atomic mass is 16.5. The van der Waals surface area contributed by atoms with Gasteiger partial charge in [0.25, 0.3) is 0 Å². The predicted molar refractivity (Wildman–Crippen MR) is 181 cm³/mol. The van der Waals surface area contributed by atoms with Crippen LogP contribution in [-0.2, 0) is 0 Å². The second kappa shape index (κ2) is 15.8. The molecular formula is C36H44N4O6. The normalized spacial score (nSPS) is 17.1. The third-order valence-corrected chi connectivity index (χ3v) is 8.75. The number of anilines is 1. The van der Waals surface area contributed by atoms with Crippen LogP contribution in [0, 0.1) is 0 Å². The van der Waals surface area contributed by atoms with E-state index in [0.717, 1.165) is 69.0 Å². The summed E-state index contributed by atoms with van der Waals surface area (Å²) in [6.45, 7) is 1.62. The number of carboxylic acid groups (broad SMARTS) is 1. The molecule has 1 aliphatic rings. The van der Waals surface area contributed by atoms with Gasteiger partial charge in [-0.05, 0) is 80.5 Å². The number of nitrogens with one attached hydrogen (secondary N) is 2. The number of aliphatic hydroxyl groups is 1. The third-order valence-electron chi connectivity index (χ3n) is 8.75. The van der Waals surface area contributed by atoms with Gasteiger partial charge in [0, 0.05) is 41.7 Å². The smallest absolute Gasteiger partial charge is 0.412 e. The number of rotatable bonds is 14. The van der Waals surface area contributed by atoms with E-state index in [0.29, 0.717) is 41.1 Å². The summed E-state index contributed by atoms with van der Waals surface area (Å²) in [4.78, 5) is 28.4. The van der Waals surface area contributed by atoms with Crippen LogP contribution in [-0.4, -0.2) is 58.2 Å². The number of aromatic nitrogens is 1. The summed E-state index contributed by atoms with van der Waals surface area (Å²) in [7, 11) is 0. The summed E-state index contributed by atoms with van der Waals surface area (Å²) in [5.41, 5.74) is 9.22. The molecule has 244 valence electrons. The van der Waals surface area contributed by atoms with Crippen LogP contribution in [0.3, 0.4) is 0 Å². The largest absolute Gasteiger partial charge is 0.506 e. The number of carbonyl (C=O) groups is 1. The van der Waals surface area contributed by atoms with Gasteiger partial charge in [-0.25, -0.2) is 4.79 Å². The number of nitrogens with two attached hydrogens (primary N) is 1. The molecule has 1 aromatic heterocycles. The third kappa shape index (κ3) is 8.25. The summed E-state index contributed by atoms with van der Waals surface area (Å²) in [5.74, 6) is 0.618. The lowest BCUT2D eigenvalue weighted by atomic mass is 9.90. The van der Waals surface area contributed by atoms with E-state index in [1.165, 1.54) is 17.0 Å². The van der Waals surface area contributed by atoms with E-state index in [9.17, 15) is 24.9 Å². The summed E-state index contributed by atoms with van der Waals surface area (Å²) in [6.07, 6.45) is 5.08. The maximum absolute atomic E-state index is 12.6. The molecule has 1 atom stereocenters. The molecule has 0 saturated heterocycles. The van der Waals surface area contributed by atoms with Crippen LogP contribution >= 0.6 is 0 Å². The number of hydrogen-bond acceptors (Lipinski definition) is 7. The van der Waals surface area contributed by atoms with Gasteiger partial charge in [-0.15, -0.1) is 0 Å². The Balaban J connectivity index is 1.10. The van der Waals surface area contributed by atoms with E-state index in [1.807, 2.05) is 48.5 Å². The van der Waals surface area contributed by atoms with Crippen LogP contribution in [0.5, 0.6) is 11.5 Å². The Hall–Kier alpha value is -4.38. The number of phenols is 1. The SMILES string of the molecule is N[C@H]1CC[C@H](N(C(=O)O)c2cc(OCCCCCCNC[C@H](O)c3ccc(O)c4[nH]c(=O)ccc34)ccc2-c2ccccc2)CC1. The first-order chi connectivity index (χ1) is 22.3. The zero-order valence-corrected chi connectivity index (χ0v) is 26.0. The number of benzene rings is 3. The van der Waals surface area contributed by atoms with E-state index in [2.05, 4.69) is 10.3 Å². The van der Waals surface area contributed by atoms with E-state index >= 15 is 0 Å². The molecule has 1 heterocycles. The number of aromatic hydroxyl groups is 1. The van der Waals surface area contributed by atoms with Crippen molar-refractivity contribution in [2.24, 2.45) is 5.73 Å². The average molecular weight is 629 g/mol. The van der Waals surface area contributed by atoms with Crippen molar-refractivity contribution < 1.29 is 24.9 Å². The van der Waals surface area contributed by atoms with E-state index in [1.54, 1.807) is 12.1 Å². The molecule has 1 fully saturated rings. The lowest BCUT2D eigenvalue weighted by Gasteiger charge is -2.35. The number of fused-ring (bicyclic) bond motifs is 1. The van der Waals surface area contributed by atoms with E-state index in [-0.39, 0.29) is 23.4 Å². The zero-order chi connectivity index (χ0) is 32.5. The van der Waals surface area contributed by atoms with Crippen LogP contribution in [0.4, 0.5) is 10.5 Å². The summed E-state index contributed by atoms with van der Waals surface area (Å²) in [5, 5.41) is 35.0. The molecule has 10 heteroatoms. The second-order valence-corrected chi connectivity index (χ2v) is 12.0. The molecule has 0 radical (unpaired) electrons. The van der Waals surface area contributed by atoms with Gasteiger partial charge >= 0.3 is 6.09 Å². The van der Waals surface area contributed by atoms with Crippen molar-refractivity contribution in [2.75, 3.05) is 24.6 Å². The first-order valence-electron chi connectivity index (χ1n) is 16.2. The van der Waals surface area contributed by atoms with Gasteiger partial charge in [-0.3, -0.25) is 9.69 Å². The number of unbranched alkanes of at least 4 members (excludes halogenated alkanes) is 3. The maximum Gasteiger partial charge on any atom is 0.412 e. The molecule has 1 saturated carbocycles. The minimum atomic E-state index is -0.969. The Morgan fingerprint density at radius 1 is 0.978 bits per heavy atom. The Morgan fingerprint density at radius 2 is 1.74 bits per heavy atom. The fraction of sp³-hybridized carbons (Fsp3) is 0.389. The standard InChI is InChI=1S/C36H44N4O6/c37-25-10-12-26(13-11-25)40(36(44)45)31-22-27(14-15-28(31)24-8-4-3-5-9-24)46-21-7-2-1-6-20-38-23-33(42)29-16-18-32(41)35-30(29)17-19-34(43)39-35/h3-5,8-9,14-19,22,25-26,33,38,41-42H,1-2,6-7,10-13,20-21,23,37H2,(H,39,43)(H,44,45)/t25-,26-,33-/m0/s1. The van der Waals surface area contributed by atoms with Crippen LogP contribution in [0.1, 0.15) is 63.0 Å². The van der Waals surface area contributed by atoms with Gasteiger partial charge in [0.1, 0.15) is 11.5 Å². The van der Waals surface area contributed by atoms with Crippen molar-refractivity contribution in [1.82, 2.24) is 10.3 Å². The number of aliphatic hydroxyl groups excluding tert-OH is 1. The van der Waals surface area contributed by atoms with Gasteiger partial charge in [-0.2, -0.15) is 0 Å². The van der Waals surface area contributed by atoms with Gasteiger partial charge in [0.05, 0.1) is 23.9 Å². The Kier molecular flexibility index (Phi) is 11.3. The number of ether oxygens (including phenoxy) is 1. The van der Waals surface area contributed by atoms with Crippen LogP contribution < -0.4 is 26.2 Å². The molecule has 1 aliphatic carbocycles. The summed E-state index contributed by atoms with van der Waals surface area (Å²) < 4.78 is 6.10. The number of H-pyrrole nitrogens is 1. The first-order valence-corrected chi connectivity index (χ1v) is 16.2. The van der Waals surface area contributed by atoms with Crippen LogP contribution in [0.25, 0.3) is 22.0 Å². The molecule has 7 N–H and O–H groups in total. The van der Waals surface area contributed by atoms with Gasteiger partial charge in [-0.1, -0.05) is 49.2 Å². The molecule has 4 aromatic rings. The van der Waals surface area contributed by atoms with Crippen molar-refractivity contribution in [3.63, 3.8) is 0 Å². The van der Waals surface area contributed by atoms with Gasteiger partial charge < -0.3 is 36.1 Å². The first kappa shape index (κ1) is 33.0. The molecule has 10 nitrogen and oxygen atoms in total. The second-order valence-electron chi connectivity index (χ2n) is 12.0. The van der Waals surface area contributed by atoms with Crippen LogP contribution in [0.15, 0.2) is 77.6 Å². The lowest BCUT2D eigenvalue weighted by Crippen LogP contribution is -2.44. The molecule has 1 amide bonds. The molecular weight excluding hydrogens is 584 g/mol. The maximum atomic E-state index is 12.6. The fourth-order valence-corrected chi connectivity index (χ4v) is 6.27. The van der Waals surface area contributed by atoms with E-state index < -0.39 is 12.2 Å². The Labute approximate surface area is 268 Å². The van der Waals surface area contributed by atoms with Gasteiger partial charge in [0.15, 0.2) is 0 Å². The molecule has 0 unspecified atom stereocenters. The highest BCUT2D eigenvalue weighted by Crippen LogP contribution is 2.38. The number of nitrogens with zero attached hydrogens (tertiary/aromatic N) is 1. The van der Waals surface area contributed by atoms with Gasteiger partial charge in [0.2, 0.25) is 5.56 Å². The summed E-state index contributed by atoms with van der Waals surface area (Å²) >= 11 is 0. The monoisotopic (exact) mass is 628 g/mol. The highest BCUT2D eigenvalue weighted by Gasteiger charge is 2.31. The Morgan fingerprint density at radius 3 is 2.50 bits per heavy atom. The summed E-state index contributed by atoms with van der Waals surface area (Å²) in [6, 6.07) is 21.7. The average Bonchev–Trinajstić information content (AvgIpc) is 3.05. The van der Waals surface area contributed by atoms with E-state index in [4.69, 9.17) is 10.5 Å². The van der Waals surface area contributed by atoms with Crippen molar-refractivity contribution in [2.45, 2.75) is 69.6 Å². The van der Waals surface area contributed by atoms with Crippen LogP contribution in [0.2, 0.25) is 0 Å². The molecule has 5 rings (SSSR count). The zero-order valence-electron chi connectivity index (χ0n) is 26.0. The Bertz CT molecular complexity index is 1650. The number of hydrogen-bond donors (Lipinski definition) is 6. The fourth-order valence-electron chi connectivity index (χ4n) is 6.27. The number of pyridine rings is 1. The molecule has 3 aromatic carbocycles. The quantitative estimate of drug-likeness (QED) is 0.0939. The molecule has 0 bridgehead atoms. The number of phenolic OH excluding ortho intramolecular Hbond substituents is 1. The lowest BCUT2D eigenvalue weighted by molar-refractivity contribution is 0.176. The molecule has 46 heavy (non-hydrogen) atoms. The van der Waals surface area contributed by atoms with Crippen molar-refractivity contribution in [3.05, 3.63) is 88.7 Å². The predicted octanol–water partition coefficient (Wildman–Crippen LogP) is 5.92. The van der Waals surface area contributed by atoms with Crippen molar-refractivity contribution in [1.29, 1.82) is 0 Å². The minimum absolute atomic E-state index is 0.0301. The molecule has 0 aliphatic heterocycles. The van der Waals surface area contributed by atoms with Crippen molar-refractivity contribution >= 4 is 22.7 Å². The topological polar surface area (TPSA) is 161 Å². The number of aromatic amines is 1. The number of amides is 1. The van der Waals surface area contributed by atoms with Crippen molar-refractivity contribution in [3.8, 4) is 22.6 Å².